The molecule has 2 heterocycles. The van der Waals surface area contributed by atoms with Crippen LogP contribution in [0.5, 0.6) is 0 Å². The highest BCUT2D eigenvalue weighted by molar-refractivity contribution is 4.76. The Hall–Kier alpha value is -0.360. The van der Waals surface area contributed by atoms with Crippen LogP contribution in [0.15, 0.2) is 0 Å². The van der Waals surface area contributed by atoms with E-state index in [1.165, 1.54) is 64.2 Å². The van der Waals surface area contributed by atoms with Gasteiger partial charge in [-0.2, -0.15) is 0 Å². The van der Waals surface area contributed by atoms with Crippen LogP contribution in [0.3, 0.4) is 0 Å². The maximum Gasteiger partial charge on any atom is 0.112 e. The normalized spacial score (nSPS) is 28.2. The zero-order valence-corrected chi connectivity index (χ0v) is 26.8. The second-order valence-electron chi connectivity index (χ2n) is 12.1. The van der Waals surface area contributed by atoms with Gasteiger partial charge in [-0.1, -0.05) is 64.7 Å². The van der Waals surface area contributed by atoms with E-state index in [0.717, 1.165) is 19.6 Å². The van der Waals surface area contributed by atoms with Gasteiger partial charge in [0.25, 0.3) is 0 Å². The molecule has 2 aliphatic heterocycles. The molecule has 2 atom stereocenters. The van der Waals surface area contributed by atoms with Gasteiger partial charge in [-0.05, 0) is 26.8 Å². The van der Waals surface area contributed by atoms with E-state index < -0.39 is 11.2 Å². The van der Waals surface area contributed by atoms with E-state index in [2.05, 4.69) is 11.8 Å². The molecule has 0 N–H and O–H groups in total. The maximum absolute atomic E-state index is 6.21. The van der Waals surface area contributed by atoms with Crippen LogP contribution in [0.2, 0.25) is 0 Å². The summed E-state index contributed by atoms with van der Waals surface area (Å²) in [7, 11) is 0. The molecule has 0 aromatic rings. The number of hydrogen-bond acceptors (Lipinski definition) is 9. The largest absolute Gasteiger partial charge is 0.377 e. The van der Waals surface area contributed by atoms with Crippen molar-refractivity contribution in [3.05, 3.63) is 0 Å². The first-order valence-corrected chi connectivity index (χ1v) is 16.5. The van der Waals surface area contributed by atoms with Crippen LogP contribution >= 0.6 is 0 Å². The third-order valence-corrected chi connectivity index (χ3v) is 7.66. The zero-order chi connectivity index (χ0) is 29.3. The van der Waals surface area contributed by atoms with Crippen LogP contribution in [-0.2, 0) is 37.9 Å². The van der Waals surface area contributed by atoms with Gasteiger partial charge in [0.05, 0.1) is 92.5 Å². The van der Waals surface area contributed by atoms with Crippen molar-refractivity contribution in [2.75, 3.05) is 112 Å². The molecular weight excluding hydrogens is 526 g/mol. The number of fused-ring (bicyclic) bond motifs is 8. The van der Waals surface area contributed by atoms with Gasteiger partial charge in [-0.3, -0.25) is 4.90 Å². The van der Waals surface area contributed by atoms with E-state index >= 15 is 0 Å². The molecule has 244 valence electrons. The number of ether oxygens (including phenoxy) is 8. The molecule has 2 fully saturated rings. The average molecular weight is 590 g/mol. The fourth-order valence-corrected chi connectivity index (χ4v) is 5.08. The van der Waals surface area contributed by atoms with Crippen LogP contribution in [0.4, 0.5) is 0 Å². The van der Waals surface area contributed by atoms with Gasteiger partial charge in [-0.15, -0.1) is 0 Å². The minimum Gasteiger partial charge on any atom is -0.377 e. The molecule has 2 saturated heterocycles. The SMILES string of the molecule is CCCCCCCCCCCCN1CCOCC2(C)COCCOCCOCC(C)(COCC1)OCCOCCO2. The Balaban J connectivity index is 1.90. The summed E-state index contributed by atoms with van der Waals surface area (Å²) < 4.78 is 48.0. The molecule has 41 heavy (non-hydrogen) atoms. The Bertz CT molecular complexity index is 564. The summed E-state index contributed by atoms with van der Waals surface area (Å²) in [6, 6.07) is 0. The molecule has 0 saturated carbocycles. The van der Waals surface area contributed by atoms with E-state index in [-0.39, 0.29) is 0 Å². The van der Waals surface area contributed by atoms with Gasteiger partial charge in [0.2, 0.25) is 0 Å². The van der Waals surface area contributed by atoms with Gasteiger partial charge < -0.3 is 37.9 Å². The Kier molecular flexibility index (Phi) is 21.6. The predicted octanol–water partition coefficient (Wildman–Crippen LogP) is 4.89. The number of hydrogen-bond donors (Lipinski definition) is 0. The van der Waals surface area contributed by atoms with Crippen molar-refractivity contribution in [3.63, 3.8) is 0 Å². The van der Waals surface area contributed by atoms with Crippen molar-refractivity contribution in [1.82, 2.24) is 4.90 Å². The summed E-state index contributed by atoms with van der Waals surface area (Å²) in [5.41, 5.74) is -1.11. The highest BCUT2D eigenvalue weighted by atomic mass is 16.6. The molecule has 2 bridgehead atoms. The second-order valence-corrected chi connectivity index (χ2v) is 12.1. The standard InChI is InChI=1S/C32H63NO8/c1-4-5-6-7-8-9-10-11-12-13-14-33-15-17-36-27-31(2)29-38-21-19-34-20-22-39-30-32(3,28-37-18-16-33)41-26-24-35-23-25-40-31/h4-30H2,1-3H3. The van der Waals surface area contributed by atoms with E-state index in [1.54, 1.807) is 0 Å². The third kappa shape index (κ3) is 19.5. The van der Waals surface area contributed by atoms with Crippen LogP contribution in [0, 0.1) is 0 Å². The summed E-state index contributed by atoms with van der Waals surface area (Å²) in [5, 5.41) is 0. The van der Waals surface area contributed by atoms with Crippen molar-refractivity contribution >= 4 is 0 Å². The lowest BCUT2D eigenvalue weighted by atomic mass is 10.1. The number of unbranched alkanes of at least 4 members (excludes halogenated alkanes) is 9. The Morgan fingerprint density at radius 1 is 0.439 bits per heavy atom. The topological polar surface area (TPSA) is 77.1 Å². The molecule has 9 heteroatoms. The molecule has 0 aromatic carbocycles. The molecule has 2 unspecified atom stereocenters. The first-order valence-electron chi connectivity index (χ1n) is 16.5. The third-order valence-electron chi connectivity index (χ3n) is 7.66. The first-order chi connectivity index (χ1) is 20.1. The zero-order valence-electron chi connectivity index (χ0n) is 26.8. The van der Waals surface area contributed by atoms with E-state index in [1.807, 2.05) is 13.8 Å². The number of nitrogens with zero attached hydrogens (tertiary/aromatic N) is 1. The smallest absolute Gasteiger partial charge is 0.112 e. The molecule has 9 nitrogen and oxygen atoms in total. The van der Waals surface area contributed by atoms with Gasteiger partial charge in [-0.25, -0.2) is 0 Å². The number of rotatable bonds is 11. The summed E-state index contributed by atoms with van der Waals surface area (Å²) in [5.74, 6) is 0. The predicted molar refractivity (Wildman–Crippen MR) is 162 cm³/mol. The first kappa shape index (κ1) is 36.8. The second kappa shape index (κ2) is 24.0. The molecule has 2 aliphatic rings. The Labute approximate surface area is 251 Å². The Morgan fingerprint density at radius 2 is 0.805 bits per heavy atom. The lowest BCUT2D eigenvalue weighted by molar-refractivity contribution is -0.155. The van der Waals surface area contributed by atoms with Crippen molar-refractivity contribution in [2.45, 2.75) is 96.2 Å². The van der Waals surface area contributed by atoms with Gasteiger partial charge in [0, 0.05) is 13.1 Å². The van der Waals surface area contributed by atoms with Crippen LogP contribution < -0.4 is 0 Å². The monoisotopic (exact) mass is 589 g/mol. The fourth-order valence-electron chi connectivity index (χ4n) is 5.08. The van der Waals surface area contributed by atoms with Crippen LogP contribution in [0.25, 0.3) is 0 Å². The van der Waals surface area contributed by atoms with Crippen molar-refractivity contribution in [2.24, 2.45) is 0 Å². The van der Waals surface area contributed by atoms with Crippen molar-refractivity contribution in [3.8, 4) is 0 Å². The average Bonchev–Trinajstić information content (AvgIpc) is 2.96. The highest BCUT2D eigenvalue weighted by Gasteiger charge is 2.28. The molecule has 2 rings (SSSR count). The summed E-state index contributed by atoms with van der Waals surface area (Å²) in [6.07, 6.45) is 13.4. The molecule has 0 aromatic heterocycles. The van der Waals surface area contributed by atoms with E-state index in [0.29, 0.717) is 92.5 Å². The highest BCUT2D eigenvalue weighted by Crippen LogP contribution is 2.15. The molecule has 0 radical (unpaired) electrons. The lowest BCUT2D eigenvalue weighted by Gasteiger charge is -2.32. The minimum atomic E-state index is -0.553. The van der Waals surface area contributed by atoms with Crippen LogP contribution in [-0.4, -0.2) is 128 Å². The molecule has 0 aliphatic carbocycles. The maximum atomic E-state index is 6.21. The van der Waals surface area contributed by atoms with Gasteiger partial charge in [0.1, 0.15) is 11.2 Å². The summed E-state index contributed by atoms with van der Waals surface area (Å²) in [4.78, 5) is 2.47. The van der Waals surface area contributed by atoms with E-state index in [4.69, 9.17) is 37.9 Å². The quantitative estimate of drug-likeness (QED) is 0.247. The molecule has 0 amide bonds. The van der Waals surface area contributed by atoms with Crippen molar-refractivity contribution < 1.29 is 37.9 Å². The lowest BCUT2D eigenvalue weighted by Crippen LogP contribution is -2.43. The minimum absolute atomic E-state index is 0.435. The fraction of sp³-hybridized carbons (Fsp3) is 1.00. The molecular formula is C32H63NO8. The van der Waals surface area contributed by atoms with Gasteiger partial charge in [0.15, 0.2) is 0 Å². The van der Waals surface area contributed by atoms with E-state index in [9.17, 15) is 0 Å². The van der Waals surface area contributed by atoms with Crippen LogP contribution in [0.1, 0.15) is 85.0 Å². The van der Waals surface area contributed by atoms with Gasteiger partial charge >= 0.3 is 0 Å². The van der Waals surface area contributed by atoms with Crippen molar-refractivity contribution in [1.29, 1.82) is 0 Å². The molecule has 0 spiro atoms. The summed E-state index contributed by atoms with van der Waals surface area (Å²) >= 11 is 0. The Morgan fingerprint density at radius 3 is 1.27 bits per heavy atom. The summed E-state index contributed by atoms with van der Waals surface area (Å²) in [6.45, 7) is 16.2.